The minimum atomic E-state index is -1.26. The van der Waals surface area contributed by atoms with Crippen molar-refractivity contribution in [2.45, 2.75) is 18.9 Å². The number of carboxylic acids is 3. The van der Waals surface area contributed by atoms with Crippen LogP contribution in [0.4, 0.5) is 0 Å². The van der Waals surface area contributed by atoms with Gasteiger partial charge < -0.3 is 20.6 Å². The number of hydrogen-bond acceptors (Lipinski definition) is 4. The van der Waals surface area contributed by atoms with Crippen molar-refractivity contribution in [1.82, 2.24) is 5.32 Å². The smallest absolute Gasteiger partial charge is 0.328 e. The third-order valence-electron chi connectivity index (χ3n) is 1.66. The van der Waals surface area contributed by atoms with Crippen molar-refractivity contribution in [2.75, 3.05) is 0 Å². The lowest BCUT2D eigenvalue weighted by molar-refractivity contribution is -0.140. The number of aliphatic carboxylic acids is 3. The highest BCUT2D eigenvalue weighted by Gasteiger charge is 2.26. The summed E-state index contributed by atoms with van der Waals surface area (Å²) in [6.07, 6.45) is 1.88. The Morgan fingerprint density at radius 1 is 1.12 bits per heavy atom. The second kappa shape index (κ2) is 6.99. The molecule has 1 rings (SSSR count). The Bertz CT molecular complexity index is 344. The first-order chi connectivity index (χ1) is 7.82. The molecule has 0 saturated carbocycles. The molecule has 8 nitrogen and oxygen atoms in total. The van der Waals surface area contributed by atoms with Crippen LogP contribution in [-0.4, -0.2) is 45.2 Å². The van der Waals surface area contributed by atoms with Gasteiger partial charge in [-0.05, 0) is 6.42 Å². The lowest BCUT2D eigenvalue weighted by atomic mass is 10.2. The van der Waals surface area contributed by atoms with Gasteiger partial charge in [0.15, 0.2) is 0 Å². The monoisotopic (exact) mass is 245 g/mol. The van der Waals surface area contributed by atoms with E-state index in [0.717, 1.165) is 0 Å². The number of amides is 1. The summed E-state index contributed by atoms with van der Waals surface area (Å²) in [4.78, 5) is 39.6. The molecule has 8 heteroatoms. The molecule has 0 aromatic rings. The SMILES string of the molecule is O=C(O)/C=C/C(=O)O.O=C1CC[C@@H](C(=O)O)N1. The first kappa shape index (κ1) is 14.6. The average Bonchev–Trinajstić information content (AvgIpc) is 2.63. The highest BCUT2D eigenvalue weighted by molar-refractivity contribution is 5.89. The minimum Gasteiger partial charge on any atom is -0.480 e. The van der Waals surface area contributed by atoms with Crippen molar-refractivity contribution in [3.63, 3.8) is 0 Å². The van der Waals surface area contributed by atoms with Gasteiger partial charge in [0.05, 0.1) is 0 Å². The topological polar surface area (TPSA) is 141 Å². The Hall–Kier alpha value is -2.38. The molecule has 1 saturated heterocycles. The van der Waals surface area contributed by atoms with E-state index in [0.29, 0.717) is 25.0 Å². The largest absolute Gasteiger partial charge is 0.480 e. The molecule has 0 bridgehead atoms. The third kappa shape index (κ3) is 7.54. The van der Waals surface area contributed by atoms with Gasteiger partial charge in [0.25, 0.3) is 0 Å². The van der Waals surface area contributed by atoms with Crippen molar-refractivity contribution in [2.24, 2.45) is 0 Å². The first-order valence-electron chi connectivity index (χ1n) is 4.49. The van der Waals surface area contributed by atoms with E-state index < -0.39 is 23.9 Å². The standard InChI is InChI=1S/C5H7NO3.C4H4O4/c7-4-2-1-3(6-4)5(8)9;5-3(6)1-2-4(7)8/h3H,1-2H2,(H,6,7)(H,8,9);1-2H,(H,5,6)(H,7,8)/b;2-1+/t3-;/m0./s1. The maximum atomic E-state index is 10.4. The fourth-order valence-corrected chi connectivity index (χ4v) is 0.942. The van der Waals surface area contributed by atoms with Crippen LogP contribution in [0.1, 0.15) is 12.8 Å². The van der Waals surface area contributed by atoms with Crippen molar-refractivity contribution in [3.8, 4) is 0 Å². The van der Waals surface area contributed by atoms with Crippen LogP contribution in [0.5, 0.6) is 0 Å². The fraction of sp³-hybridized carbons (Fsp3) is 0.333. The van der Waals surface area contributed by atoms with Crippen molar-refractivity contribution < 1.29 is 34.5 Å². The number of carbonyl (C=O) groups excluding carboxylic acids is 1. The van der Waals surface area contributed by atoms with Crippen molar-refractivity contribution in [3.05, 3.63) is 12.2 Å². The zero-order chi connectivity index (χ0) is 13.4. The third-order valence-corrected chi connectivity index (χ3v) is 1.66. The summed E-state index contributed by atoms with van der Waals surface area (Å²) in [6.45, 7) is 0. The number of carboxylic acid groups (broad SMARTS) is 3. The number of hydrogen-bond donors (Lipinski definition) is 4. The van der Waals surface area contributed by atoms with Gasteiger partial charge in [-0.3, -0.25) is 4.79 Å². The van der Waals surface area contributed by atoms with Crippen LogP contribution >= 0.6 is 0 Å². The van der Waals surface area contributed by atoms with E-state index in [4.69, 9.17) is 15.3 Å². The van der Waals surface area contributed by atoms with Gasteiger partial charge in [0.1, 0.15) is 6.04 Å². The second-order valence-electron chi connectivity index (χ2n) is 3.01. The first-order valence-corrected chi connectivity index (χ1v) is 4.49. The number of carbonyl (C=O) groups is 4. The average molecular weight is 245 g/mol. The Kier molecular flexibility index (Phi) is 6.01. The summed E-state index contributed by atoms with van der Waals surface area (Å²) in [5, 5.41) is 26.3. The van der Waals surface area contributed by atoms with Gasteiger partial charge in [-0.1, -0.05) is 0 Å². The molecular formula is C9H11NO7. The summed E-state index contributed by atoms with van der Waals surface area (Å²) in [6, 6.07) is -0.641. The van der Waals surface area contributed by atoms with Crippen LogP contribution in [0, 0.1) is 0 Å². The lowest BCUT2D eigenvalue weighted by Gasteiger charge is -1.99. The molecule has 1 amide bonds. The predicted molar refractivity (Wildman–Crippen MR) is 53.2 cm³/mol. The van der Waals surface area contributed by atoms with Gasteiger partial charge in [0.2, 0.25) is 5.91 Å². The summed E-state index contributed by atoms with van der Waals surface area (Å²) in [7, 11) is 0. The molecule has 1 aliphatic rings. The molecule has 0 aromatic heterocycles. The van der Waals surface area contributed by atoms with Gasteiger partial charge in [-0.15, -0.1) is 0 Å². The molecule has 4 N–H and O–H groups in total. The van der Waals surface area contributed by atoms with E-state index in [-0.39, 0.29) is 5.91 Å². The Balaban J connectivity index is 0.000000304. The van der Waals surface area contributed by atoms with Crippen molar-refractivity contribution in [1.29, 1.82) is 0 Å². The van der Waals surface area contributed by atoms with E-state index in [1.807, 2.05) is 0 Å². The van der Waals surface area contributed by atoms with E-state index in [2.05, 4.69) is 5.32 Å². The van der Waals surface area contributed by atoms with Crippen LogP contribution in [0.25, 0.3) is 0 Å². The molecule has 1 fully saturated rings. The molecule has 0 unspecified atom stereocenters. The quantitative estimate of drug-likeness (QED) is 0.470. The predicted octanol–water partition coefficient (Wildman–Crippen LogP) is -0.939. The van der Waals surface area contributed by atoms with E-state index in [9.17, 15) is 19.2 Å². The van der Waals surface area contributed by atoms with Gasteiger partial charge in [0, 0.05) is 18.6 Å². The molecule has 94 valence electrons. The normalized spacial score (nSPS) is 18.1. The van der Waals surface area contributed by atoms with Gasteiger partial charge in [-0.25, -0.2) is 14.4 Å². The highest BCUT2D eigenvalue weighted by Crippen LogP contribution is 2.05. The molecule has 1 aliphatic heterocycles. The molecular weight excluding hydrogens is 234 g/mol. The minimum absolute atomic E-state index is 0.164. The van der Waals surface area contributed by atoms with Crippen LogP contribution in [-0.2, 0) is 19.2 Å². The second-order valence-corrected chi connectivity index (χ2v) is 3.01. The Morgan fingerprint density at radius 2 is 1.59 bits per heavy atom. The van der Waals surface area contributed by atoms with Gasteiger partial charge in [-0.2, -0.15) is 0 Å². The van der Waals surface area contributed by atoms with E-state index in [1.54, 1.807) is 0 Å². The highest BCUT2D eigenvalue weighted by atomic mass is 16.4. The molecule has 1 heterocycles. The molecule has 17 heavy (non-hydrogen) atoms. The lowest BCUT2D eigenvalue weighted by Crippen LogP contribution is -2.32. The molecule has 1 atom stereocenters. The van der Waals surface area contributed by atoms with Crippen LogP contribution in [0.15, 0.2) is 12.2 Å². The summed E-state index contributed by atoms with van der Waals surface area (Å²) in [5.41, 5.74) is 0. The van der Waals surface area contributed by atoms with Crippen LogP contribution in [0.2, 0.25) is 0 Å². The number of rotatable bonds is 3. The molecule has 0 aromatic carbocycles. The Labute approximate surface area is 95.5 Å². The molecule has 0 radical (unpaired) electrons. The zero-order valence-electron chi connectivity index (χ0n) is 8.62. The van der Waals surface area contributed by atoms with Crippen LogP contribution in [0.3, 0.4) is 0 Å². The van der Waals surface area contributed by atoms with E-state index >= 15 is 0 Å². The molecule has 0 spiro atoms. The van der Waals surface area contributed by atoms with Gasteiger partial charge >= 0.3 is 17.9 Å². The zero-order valence-corrected chi connectivity index (χ0v) is 8.62. The maximum Gasteiger partial charge on any atom is 0.328 e. The Morgan fingerprint density at radius 3 is 1.76 bits per heavy atom. The van der Waals surface area contributed by atoms with E-state index in [1.165, 1.54) is 0 Å². The van der Waals surface area contributed by atoms with Crippen molar-refractivity contribution >= 4 is 23.8 Å². The summed E-state index contributed by atoms with van der Waals surface area (Å²) < 4.78 is 0. The fourth-order valence-electron chi connectivity index (χ4n) is 0.942. The summed E-state index contributed by atoms with van der Waals surface area (Å²) >= 11 is 0. The molecule has 0 aliphatic carbocycles. The van der Waals surface area contributed by atoms with Crippen LogP contribution < -0.4 is 5.32 Å². The number of nitrogens with one attached hydrogen (secondary N) is 1. The maximum absolute atomic E-state index is 10.4. The summed E-state index contributed by atoms with van der Waals surface area (Å²) in [5.74, 6) is -3.62.